The summed E-state index contributed by atoms with van der Waals surface area (Å²) >= 11 is 1.36. The average molecular weight is 355 g/mol. The zero-order valence-electron chi connectivity index (χ0n) is 13.2. The van der Waals surface area contributed by atoms with Gasteiger partial charge in [0.25, 0.3) is 5.92 Å². The number of thiazole rings is 1. The molecule has 1 aromatic heterocycles. The Hall–Kier alpha value is -2.06. The van der Waals surface area contributed by atoms with Crippen LogP contribution >= 0.6 is 11.3 Å². The minimum Gasteiger partial charge on any atom is -0.486 e. The standard InChI is InChI=1S/C16H19F2N3O2S/c1-11-2-4-13(5-3-11)23-7-15-21-12(8-24-15)6-14(22)20-10-16(17,18)9-19/h2-5,8H,6-7,9-10,19H2,1H3,(H,20,22). The topological polar surface area (TPSA) is 77.2 Å². The fourth-order valence-corrected chi connectivity index (χ4v) is 2.51. The normalized spacial score (nSPS) is 11.3. The summed E-state index contributed by atoms with van der Waals surface area (Å²) in [6.07, 6.45) is -0.0539. The van der Waals surface area contributed by atoms with Gasteiger partial charge in [0.1, 0.15) is 17.4 Å². The van der Waals surface area contributed by atoms with Crippen LogP contribution in [0.4, 0.5) is 8.78 Å². The van der Waals surface area contributed by atoms with E-state index in [1.165, 1.54) is 11.3 Å². The van der Waals surface area contributed by atoms with E-state index in [4.69, 9.17) is 10.5 Å². The van der Waals surface area contributed by atoms with Gasteiger partial charge in [0.2, 0.25) is 5.91 Å². The fraction of sp³-hybridized carbons (Fsp3) is 0.375. The van der Waals surface area contributed by atoms with E-state index in [0.717, 1.165) is 11.3 Å². The van der Waals surface area contributed by atoms with Crippen molar-refractivity contribution in [1.29, 1.82) is 0 Å². The third-order valence-corrected chi connectivity index (χ3v) is 4.04. The van der Waals surface area contributed by atoms with E-state index < -0.39 is 24.9 Å². The van der Waals surface area contributed by atoms with E-state index in [9.17, 15) is 13.6 Å². The number of rotatable bonds is 8. The largest absolute Gasteiger partial charge is 0.486 e. The summed E-state index contributed by atoms with van der Waals surface area (Å²) < 4.78 is 31.6. The molecule has 0 radical (unpaired) electrons. The number of amides is 1. The van der Waals surface area contributed by atoms with E-state index in [1.54, 1.807) is 5.38 Å². The van der Waals surface area contributed by atoms with Crippen LogP contribution in [0.15, 0.2) is 29.6 Å². The second-order valence-electron chi connectivity index (χ2n) is 5.35. The van der Waals surface area contributed by atoms with Gasteiger partial charge in [0.15, 0.2) is 0 Å². The average Bonchev–Trinajstić information content (AvgIpc) is 3.00. The lowest BCUT2D eigenvalue weighted by Crippen LogP contribution is -2.42. The number of halogens is 2. The molecule has 0 bridgehead atoms. The predicted octanol–water partition coefficient (Wildman–Crippen LogP) is 2.28. The Kier molecular flexibility index (Phi) is 6.22. The first-order valence-corrected chi connectivity index (χ1v) is 8.23. The number of nitrogens with zero attached hydrogens (tertiary/aromatic N) is 1. The summed E-state index contributed by atoms with van der Waals surface area (Å²) in [4.78, 5) is 15.9. The Balaban J connectivity index is 1.80. The van der Waals surface area contributed by atoms with Crippen LogP contribution < -0.4 is 15.8 Å². The summed E-state index contributed by atoms with van der Waals surface area (Å²) in [7, 11) is 0. The van der Waals surface area contributed by atoms with Crippen LogP contribution in [0.25, 0.3) is 0 Å². The number of ether oxygens (including phenoxy) is 1. The molecule has 3 N–H and O–H groups in total. The van der Waals surface area contributed by atoms with E-state index in [0.29, 0.717) is 17.3 Å². The smallest absolute Gasteiger partial charge is 0.277 e. The number of aryl methyl sites for hydroxylation is 1. The number of alkyl halides is 2. The molecule has 1 amide bonds. The van der Waals surface area contributed by atoms with E-state index in [1.807, 2.05) is 31.2 Å². The van der Waals surface area contributed by atoms with Crippen molar-refractivity contribution in [1.82, 2.24) is 10.3 Å². The second-order valence-corrected chi connectivity index (χ2v) is 6.29. The SMILES string of the molecule is Cc1ccc(OCc2nc(CC(=O)NCC(F)(F)CN)cs2)cc1. The highest BCUT2D eigenvalue weighted by molar-refractivity contribution is 7.09. The maximum Gasteiger partial charge on any atom is 0.277 e. The molecule has 24 heavy (non-hydrogen) atoms. The highest BCUT2D eigenvalue weighted by atomic mass is 32.1. The first kappa shape index (κ1) is 18.3. The van der Waals surface area contributed by atoms with E-state index in [2.05, 4.69) is 10.3 Å². The molecule has 130 valence electrons. The van der Waals surface area contributed by atoms with Crippen LogP contribution in [0.1, 0.15) is 16.3 Å². The van der Waals surface area contributed by atoms with Crippen LogP contribution in [0.2, 0.25) is 0 Å². The molecule has 0 spiro atoms. The van der Waals surface area contributed by atoms with Crippen molar-refractivity contribution in [2.24, 2.45) is 5.73 Å². The number of nitrogens with two attached hydrogens (primary N) is 1. The highest BCUT2D eigenvalue weighted by Gasteiger charge is 2.27. The molecule has 2 aromatic rings. The van der Waals surface area contributed by atoms with Gasteiger partial charge >= 0.3 is 0 Å². The zero-order valence-corrected chi connectivity index (χ0v) is 14.0. The van der Waals surface area contributed by atoms with Crippen LogP contribution in [0.3, 0.4) is 0 Å². The molecule has 0 aliphatic heterocycles. The molecule has 0 saturated carbocycles. The number of carbonyl (C=O) groups excluding carboxylic acids is 1. The maximum atomic E-state index is 13.0. The van der Waals surface area contributed by atoms with Crippen LogP contribution in [0, 0.1) is 6.92 Å². The van der Waals surface area contributed by atoms with E-state index >= 15 is 0 Å². The molecule has 0 aliphatic carbocycles. The van der Waals surface area contributed by atoms with Gasteiger partial charge in [0, 0.05) is 5.38 Å². The molecule has 5 nitrogen and oxygen atoms in total. The summed E-state index contributed by atoms with van der Waals surface area (Å²) in [6.45, 7) is 0.715. The van der Waals surface area contributed by atoms with Crippen molar-refractivity contribution in [2.75, 3.05) is 13.1 Å². The van der Waals surface area contributed by atoms with Crippen molar-refractivity contribution in [3.63, 3.8) is 0 Å². The minimum absolute atomic E-state index is 0.0539. The lowest BCUT2D eigenvalue weighted by Gasteiger charge is -2.14. The van der Waals surface area contributed by atoms with Crippen LogP contribution in [-0.4, -0.2) is 29.9 Å². The van der Waals surface area contributed by atoms with Crippen LogP contribution in [0.5, 0.6) is 5.75 Å². The molecule has 0 saturated heterocycles. The molecule has 0 fully saturated rings. The number of nitrogens with one attached hydrogen (secondary N) is 1. The van der Waals surface area contributed by atoms with Gasteiger partial charge in [-0.3, -0.25) is 4.79 Å². The van der Waals surface area contributed by atoms with E-state index in [-0.39, 0.29) is 6.42 Å². The molecule has 8 heteroatoms. The Labute approximate surface area is 142 Å². The van der Waals surface area contributed by atoms with Crippen LogP contribution in [-0.2, 0) is 17.8 Å². The predicted molar refractivity (Wildman–Crippen MR) is 88.3 cm³/mol. The molecule has 2 rings (SSSR count). The lowest BCUT2D eigenvalue weighted by atomic mass is 10.2. The van der Waals surface area contributed by atoms with Gasteiger partial charge in [-0.15, -0.1) is 11.3 Å². The maximum absolute atomic E-state index is 13.0. The number of carbonyl (C=O) groups is 1. The number of aromatic nitrogens is 1. The summed E-state index contributed by atoms with van der Waals surface area (Å²) in [5, 5.41) is 4.59. The van der Waals surface area contributed by atoms with Gasteiger partial charge in [-0.25, -0.2) is 13.8 Å². The fourth-order valence-electron chi connectivity index (χ4n) is 1.80. The summed E-state index contributed by atoms with van der Waals surface area (Å²) in [5.74, 6) is -2.87. The van der Waals surface area contributed by atoms with Gasteiger partial charge in [0.05, 0.1) is 25.2 Å². The Morgan fingerprint density at radius 2 is 2.08 bits per heavy atom. The van der Waals surface area contributed by atoms with Crippen molar-refractivity contribution in [3.8, 4) is 5.75 Å². The molecular weight excluding hydrogens is 336 g/mol. The number of hydrogen-bond donors (Lipinski definition) is 2. The zero-order chi connectivity index (χ0) is 17.6. The first-order valence-electron chi connectivity index (χ1n) is 7.35. The third-order valence-electron chi connectivity index (χ3n) is 3.17. The number of hydrogen-bond acceptors (Lipinski definition) is 5. The van der Waals surface area contributed by atoms with Crippen molar-refractivity contribution in [3.05, 3.63) is 45.9 Å². The summed E-state index contributed by atoms with van der Waals surface area (Å²) in [6, 6.07) is 7.64. The van der Waals surface area contributed by atoms with Gasteiger partial charge in [-0.2, -0.15) is 0 Å². The lowest BCUT2D eigenvalue weighted by molar-refractivity contribution is -0.122. The second kappa shape index (κ2) is 8.16. The van der Waals surface area contributed by atoms with Crippen molar-refractivity contribution < 1.29 is 18.3 Å². The molecule has 0 atom stereocenters. The monoisotopic (exact) mass is 355 g/mol. The van der Waals surface area contributed by atoms with Gasteiger partial charge in [-0.1, -0.05) is 17.7 Å². The third kappa shape index (κ3) is 5.86. The summed E-state index contributed by atoms with van der Waals surface area (Å²) in [5.41, 5.74) is 6.58. The molecule has 0 aliphatic rings. The van der Waals surface area contributed by atoms with Gasteiger partial charge < -0.3 is 15.8 Å². The Morgan fingerprint density at radius 3 is 2.75 bits per heavy atom. The highest BCUT2D eigenvalue weighted by Crippen LogP contribution is 2.16. The van der Waals surface area contributed by atoms with Gasteiger partial charge in [-0.05, 0) is 19.1 Å². The number of benzene rings is 1. The first-order chi connectivity index (χ1) is 11.4. The minimum atomic E-state index is -3.09. The van der Waals surface area contributed by atoms with Crippen molar-refractivity contribution in [2.45, 2.75) is 25.9 Å². The molecule has 0 unspecified atom stereocenters. The Bertz CT molecular complexity index is 674. The Morgan fingerprint density at radius 1 is 1.38 bits per heavy atom. The molecule has 1 aromatic carbocycles. The molecular formula is C16H19F2N3O2S. The van der Waals surface area contributed by atoms with Crippen molar-refractivity contribution >= 4 is 17.2 Å². The quantitative estimate of drug-likeness (QED) is 0.762. The molecule has 1 heterocycles.